The second-order valence-corrected chi connectivity index (χ2v) is 11.5. The first-order valence-electron chi connectivity index (χ1n) is 15.5. The van der Waals surface area contributed by atoms with Crippen LogP contribution in [0, 0.1) is 5.92 Å². The summed E-state index contributed by atoms with van der Waals surface area (Å²) < 4.78 is 6.70. The van der Waals surface area contributed by atoms with Gasteiger partial charge in [-0.3, -0.25) is 0 Å². The monoisotopic (exact) mass is 568 g/mol. The highest BCUT2D eigenvalue weighted by Gasteiger charge is 2.25. The van der Waals surface area contributed by atoms with E-state index in [2.05, 4.69) is 154 Å². The van der Waals surface area contributed by atoms with Gasteiger partial charge in [0.1, 0.15) is 12.4 Å². The molecule has 0 bridgehead atoms. The Morgan fingerprint density at radius 3 is 2.20 bits per heavy atom. The summed E-state index contributed by atoms with van der Waals surface area (Å²) in [6.07, 6.45) is 27.1. The molecule has 4 aromatic rings. The van der Waals surface area contributed by atoms with E-state index in [1.807, 2.05) is 6.08 Å². The molecule has 0 spiro atoms. The van der Waals surface area contributed by atoms with Crippen molar-refractivity contribution in [3.63, 3.8) is 0 Å². The van der Waals surface area contributed by atoms with E-state index in [4.69, 9.17) is 4.74 Å². The van der Waals surface area contributed by atoms with Gasteiger partial charge in [-0.25, -0.2) is 0 Å². The SMILES string of the molecule is C=C1/C=C\C=C/COc2c(C3=CC=C4C=CC=CC4C3)ccc(-c3c(=C/C)/c(=C\C)c(-c4ccccc4)c4ccccc34)c21. The van der Waals surface area contributed by atoms with Crippen LogP contribution < -0.4 is 15.2 Å². The number of ether oxygens (including phenoxy) is 1. The van der Waals surface area contributed by atoms with Crippen LogP contribution in [0.2, 0.25) is 0 Å². The fourth-order valence-electron chi connectivity index (χ4n) is 6.98. The van der Waals surface area contributed by atoms with Crippen LogP contribution >= 0.6 is 0 Å². The third-order valence-electron chi connectivity index (χ3n) is 8.99. The Morgan fingerprint density at radius 1 is 0.705 bits per heavy atom. The van der Waals surface area contributed by atoms with Crippen LogP contribution in [0.15, 0.2) is 140 Å². The molecule has 0 N–H and O–H groups in total. The molecule has 44 heavy (non-hydrogen) atoms. The van der Waals surface area contributed by atoms with E-state index in [9.17, 15) is 0 Å². The third kappa shape index (κ3) is 4.75. The molecule has 0 saturated carbocycles. The zero-order chi connectivity index (χ0) is 30.0. The Hall–Kier alpha value is -5.14. The maximum atomic E-state index is 6.70. The summed E-state index contributed by atoms with van der Waals surface area (Å²) in [4.78, 5) is 0. The van der Waals surface area contributed by atoms with Crippen molar-refractivity contribution in [3.8, 4) is 28.0 Å². The zero-order valence-electron chi connectivity index (χ0n) is 25.4. The molecule has 2 aliphatic carbocycles. The lowest BCUT2D eigenvalue weighted by Gasteiger charge is -2.26. The van der Waals surface area contributed by atoms with Crippen molar-refractivity contribution in [1.82, 2.24) is 0 Å². The van der Waals surface area contributed by atoms with Gasteiger partial charge in [-0.05, 0) is 86.5 Å². The van der Waals surface area contributed by atoms with Crippen molar-refractivity contribution in [3.05, 3.63) is 161 Å². The molecule has 1 nitrogen and oxygen atoms in total. The number of hydrogen-bond donors (Lipinski definition) is 0. The molecular weight excluding hydrogens is 532 g/mol. The topological polar surface area (TPSA) is 9.23 Å². The molecule has 1 heterocycles. The fourth-order valence-corrected chi connectivity index (χ4v) is 6.98. The first-order valence-corrected chi connectivity index (χ1v) is 15.5. The first kappa shape index (κ1) is 27.7. The van der Waals surface area contributed by atoms with Crippen LogP contribution in [0.1, 0.15) is 31.4 Å². The van der Waals surface area contributed by atoms with Gasteiger partial charge in [-0.1, -0.05) is 140 Å². The minimum Gasteiger partial charge on any atom is -0.488 e. The minimum absolute atomic E-state index is 0.382. The van der Waals surface area contributed by atoms with E-state index in [0.29, 0.717) is 12.5 Å². The lowest BCUT2D eigenvalue weighted by Crippen LogP contribution is -2.29. The average Bonchev–Trinajstić information content (AvgIpc) is 3.17. The van der Waals surface area contributed by atoms with Gasteiger partial charge >= 0.3 is 0 Å². The maximum Gasteiger partial charge on any atom is 0.135 e. The predicted octanol–water partition coefficient (Wildman–Crippen LogP) is 9.75. The molecule has 0 fully saturated rings. The lowest BCUT2D eigenvalue weighted by molar-refractivity contribution is 0.361. The summed E-state index contributed by atoms with van der Waals surface area (Å²) >= 11 is 0. The Morgan fingerprint density at radius 2 is 1.41 bits per heavy atom. The molecule has 1 unspecified atom stereocenters. The van der Waals surface area contributed by atoms with E-state index in [-0.39, 0.29) is 0 Å². The number of fused-ring (bicyclic) bond motifs is 3. The van der Waals surface area contributed by atoms with Crippen LogP contribution in [0.5, 0.6) is 5.75 Å². The third-order valence-corrected chi connectivity index (χ3v) is 8.99. The van der Waals surface area contributed by atoms with E-state index in [0.717, 1.165) is 34.4 Å². The molecule has 1 heteroatoms. The van der Waals surface area contributed by atoms with Crippen molar-refractivity contribution in [2.45, 2.75) is 20.3 Å². The summed E-state index contributed by atoms with van der Waals surface area (Å²) in [5.41, 5.74) is 10.6. The van der Waals surface area contributed by atoms with Gasteiger partial charge in [0.15, 0.2) is 0 Å². The zero-order valence-corrected chi connectivity index (χ0v) is 25.4. The highest BCUT2D eigenvalue weighted by Crippen LogP contribution is 2.45. The highest BCUT2D eigenvalue weighted by atomic mass is 16.5. The molecule has 214 valence electrons. The van der Waals surface area contributed by atoms with Gasteiger partial charge in [0.05, 0.1) is 0 Å². The van der Waals surface area contributed by atoms with Crippen LogP contribution in [0.3, 0.4) is 0 Å². The number of allylic oxidation sites excluding steroid dienone is 12. The second kappa shape index (κ2) is 11.9. The fraction of sp³-hybridized carbons (Fsp3) is 0.116. The van der Waals surface area contributed by atoms with Gasteiger partial charge in [0.2, 0.25) is 0 Å². The molecule has 4 aromatic carbocycles. The highest BCUT2D eigenvalue weighted by molar-refractivity contribution is 6.08. The Bertz CT molecular complexity index is 2110. The molecule has 1 atom stereocenters. The van der Waals surface area contributed by atoms with Crippen molar-refractivity contribution in [1.29, 1.82) is 0 Å². The molecular formula is C43H36O. The van der Waals surface area contributed by atoms with Crippen molar-refractivity contribution in [2.24, 2.45) is 5.92 Å². The van der Waals surface area contributed by atoms with Gasteiger partial charge in [-0.2, -0.15) is 0 Å². The molecule has 0 aromatic heterocycles. The summed E-state index contributed by atoms with van der Waals surface area (Å²) in [6, 6.07) is 24.1. The largest absolute Gasteiger partial charge is 0.488 e. The number of hydrogen-bond acceptors (Lipinski definition) is 1. The van der Waals surface area contributed by atoms with Gasteiger partial charge < -0.3 is 4.74 Å². The van der Waals surface area contributed by atoms with Crippen molar-refractivity contribution < 1.29 is 4.74 Å². The van der Waals surface area contributed by atoms with E-state index >= 15 is 0 Å². The van der Waals surface area contributed by atoms with Crippen LogP contribution in [0.25, 0.3) is 56.3 Å². The first-order chi connectivity index (χ1) is 21.7. The Balaban J connectivity index is 1.56. The molecule has 0 radical (unpaired) electrons. The van der Waals surface area contributed by atoms with Crippen molar-refractivity contribution in [2.75, 3.05) is 6.61 Å². The minimum atomic E-state index is 0.382. The number of benzene rings is 4. The van der Waals surface area contributed by atoms with E-state index in [1.54, 1.807) is 0 Å². The van der Waals surface area contributed by atoms with Crippen molar-refractivity contribution >= 4 is 34.1 Å². The molecule has 0 amide bonds. The van der Waals surface area contributed by atoms with Crippen LogP contribution in [-0.4, -0.2) is 6.61 Å². The average molecular weight is 569 g/mol. The van der Waals surface area contributed by atoms with Gasteiger partial charge in [-0.15, -0.1) is 0 Å². The lowest BCUT2D eigenvalue weighted by atomic mass is 9.80. The van der Waals surface area contributed by atoms with Crippen LogP contribution in [-0.2, 0) is 0 Å². The molecule has 7 rings (SSSR count). The van der Waals surface area contributed by atoms with E-state index < -0.39 is 0 Å². The standard InChI is InChI=1S/C43H36O/c1-4-34-35(5-2)42(38-22-14-13-21-37(38)41(34)31-18-9-6-10-19-31)39-26-25-36(33-24-23-30-17-11-12-20-32(30)28-33)43-40(39)29(3)16-8-7-15-27-44-43/h4-26,32H,3,27-28H2,1-2H3/b15-7-,16-8-,34-4+,35-5+. The smallest absolute Gasteiger partial charge is 0.135 e. The predicted molar refractivity (Wildman–Crippen MR) is 190 cm³/mol. The Labute approximate surface area is 260 Å². The summed E-state index contributed by atoms with van der Waals surface area (Å²) in [7, 11) is 0. The van der Waals surface area contributed by atoms with Gasteiger partial charge in [0.25, 0.3) is 0 Å². The normalized spacial score (nSPS) is 19.7. The maximum absolute atomic E-state index is 6.70. The van der Waals surface area contributed by atoms with Gasteiger partial charge in [0, 0.05) is 17.0 Å². The molecule has 0 saturated heterocycles. The second-order valence-electron chi connectivity index (χ2n) is 11.5. The van der Waals surface area contributed by atoms with Crippen LogP contribution in [0.4, 0.5) is 0 Å². The Kier molecular flexibility index (Phi) is 7.46. The molecule has 3 aliphatic rings. The quantitative estimate of drug-likeness (QED) is 0.239. The number of rotatable bonds is 3. The summed E-state index contributed by atoms with van der Waals surface area (Å²) in [5, 5.41) is 4.92. The summed E-state index contributed by atoms with van der Waals surface area (Å²) in [6.45, 7) is 9.40. The van der Waals surface area contributed by atoms with E-state index in [1.165, 1.54) is 49.0 Å². The molecule has 1 aliphatic heterocycles. The summed E-state index contributed by atoms with van der Waals surface area (Å²) in [5.74, 6) is 1.29.